The Bertz CT molecular complexity index is 1110. The van der Waals surface area contributed by atoms with Gasteiger partial charge in [-0.25, -0.2) is 0 Å². The van der Waals surface area contributed by atoms with Gasteiger partial charge in [0.2, 0.25) is 0 Å². The van der Waals surface area contributed by atoms with Crippen LogP contribution in [0.2, 0.25) is 0 Å². The average molecular weight is 451 g/mol. The van der Waals surface area contributed by atoms with E-state index in [9.17, 15) is 4.79 Å². The number of rotatable bonds is 10. The van der Waals surface area contributed by atoms with Crippen LogP contribution in [0.4, 0.5) is 0 Å². The van der Waals surface area contributed by atoms with Gasteiger partial charge in [-0.05, 0) is 36.1 Å². The van der Waals surface area contributed by atoms with Crippen molar-refractivity contribution >= 4 is 5.78 Å². The molecule has 0 fully saturated rings. The molecule has 0 amide bonds. The van der Waals surface area contributed by atoms with E-state index in [0.717, 1.165) is 22.3 Å². The molecule has 0 N–H and O–H groups in total. The highest BCUT2D eigenvalue weighted by Crippen LogP contribution is 2.28. The first kappa shape index (κ1) is 23.6. The maximum atomic E-state index is 13.7. The summed E-state index contributed by atoms with van der Waals surface area (Å²) in [5, 5.41) is 0. The number of carbonyl (C=O) groups is 1. The molecule has 34 heavy (non-hydrogen) atoms. The van der Waals surface area contributed by atoms with Crippen LogP contribution < -0.4 is 0 Å². The number of ketones is 1. The fourth-order valence-corrected chi connectivity index (χ4v) is 4.03. The topological polar surface area (TPSA) is 35.5 Å². The molecule has 2 unspecified atom stereocenters. The summed E-state index contributed by atoms with van der Waals surface area (Å²) in [6.45, 7) is 4.97. The zero-order chi connectivity index (χ0) is 23.8. The lowest BCUT2D eigenvalue weighted by molar-refractivity contribution is 0.0508. The molecule has 0 aliphatic heterocycles. The zero-order valence-corrected chi connectivity index (χ0v) is 19.7. The van der Waals surface area contributed by atoms with Gasteiger partial charge in [-0.1, -0.05) is 109 Å². The molecule has 0 saturated heterocycles. The minimum Gasteiger partial charge on any atom is -0.369 e. The zero-order valence-electron chi connectivity index (χ0n) is 19.7. The number of hydrogen-bond acceptors (Lipinski definition) is 3. The van der Waals surface area contributed by atoms with Crippen LogP contribution in [-0.4, -0.2) is 5.78 Å². The SMILES string of the molecule is CC(OCc1ccccc1)c1ccccc1C(=O)c1ccccc1C(C)OCc1ccccc1. The molecule has 0 spiro atoms. The molecule has 0 aliphatic rings. The number of ether oxygens (including phenoxy) is 2. The van der Waals surface area contributed by atoms with Crippen molar-refractivity contribution in [3.63, 3.8) is 0 Å². The smallest absolute Gasteiger partial charge is 0.193 e. The fraction of sp³-hybridized carbons (Fsp3) is 0.194. The quantitative estimate of drug-likeness (QED) is 0.235. The van der Waals surface area contributed by atoms with Crippen molar-refractivity contribution in [2.45, 2.75) is 39.3 Å². The van der Waals surface area contributed by atoms with Gasteiger partial charge in [-0.3, -0.25) is 4.79 Å². The highest BCUT2D eigenvalue weighted by molar-refractivity contribution is 6.11. The van der Waals surface area contributed by atoms with Gasteiger partial charge in [0.25, 0.3) is 0 Å². The number of carbonyl (C=O) groups excluding carboxylic acids is 1. The molecule has 0 bridgehead atoms. The lowest BCUT2D eigenvalue weighted by Crippen LogP contribution is -2.13. The Morgan fingerprint density at radius 1 is 0.559 bits per heavy atom. The van der Waals surface area contributed by atoms with E-state index in [1.165, 1.54) is 0 Å². The second-order valence-electron chi connectivity index (χ2n) is 8.38. The first-order valence-electron chi connectivity index (χ1n) is 11.7. The van der Waals surface area contributed by atoms with Crippen molar-refractivity contribution in [1.82, 2.24) is 0 Å². The van der Waals surface area contributed by atoms with E-state index in [4.69, 9.17) is 9.47 Å². The van der Waals surface area contributed by atoms with Crippen LogP contribution in [0.3, 0.4) is 0 Å². The molecule has 3 heteroatoms. The maximum Gasteiger partial charge on any atom is 0.193 e. The molecule has 0 aliphatic carbocycles. The highest BCUT2D eigenvalue weighted by Gasteiger charge is 2.22. The van der Waals surface area contributed by atoms with E-state index < -0.39 is 0 Å². The molecule has 4 aromatic rings. The van der Waals surface area contributed by atoms with Crippen molar-refractivity contribution in [3.8, 4) is 0 Å². The summed E-state index contributed by atoms with van der Waals surface area (Å²) in [6, 6.07) is 35.5. The third-order valence-corrected chi connectivity index (χ3v) is 5.97. The van der Waals surface area contributed by atoms with E-state index in [0.29, 0.717) is 24.3 Å². The molecule has 3 nitrogen and oxygen atoms in total. The van der Waals surface area contributed by atoms with Gasteiger partial charge in [-0.2, -0.15) is 0 Å². The Morgan fingerprint density at radius 3 is 1.32 bits per heavy atom. The van der Waals surface area contributed by atoms with Crippen LogP contribution in [-0.2, 0) is 22.7 Å². The minimum absolute atomic E-state index is 0.0171. The minimum atomic E-state index is -0.223. The molecule has 2 atom stereocenters. The first-order chi connectivity index (χ1) is 16.6. The van der Waals surface area contributed by atoms with Crippen LogP contribution in [0, 0.1) is 0 Å². The van der Waals surface area contributed by atoms with E-state index in [2.05, 4.69) is 0 Å². The van der Waals surface area contributed by atoms with E-state index in [-0.39, 0.29) is 18.0 Å². The number of benzene rings is 4. The van der Waals surface area contributed by atoms with Gasteiger partial charge in [0.1, 0.15) is 0 Å². The molecule has 0 heterocycles. The van der Waals surface area contributed by atoms with Crippen molar-refractivity contribution < 1.29 is 14.3 Å². The van der Waals surface area contributed by atoms with Gasteiger partial charge in [0, 0.05) is 11.1 Å². The predicted octanol–water partition coefficient (Wildman–Crippen LogP) is 7.47. The third kappa shape index (κ3) is 5.88. The standard InChI is InChI=1S/C31H30O3/c1-23(33-21-25-13-5-3-6-14-25)27-17-9-11-19-29(27)31(32)30-20-12-10-18-28(30)24(2)34-22-26-15-7-4-8-16-26/h3-20,23-24H,21-22H2,1-2H3. The van der Waals surface area contributed by atoms with Crippen molar-refractivity contribution in [3.05, 3.63) is 143 Å². The molecular formula is C31H30O3. The van der Waals surface area contributed by atoms with Gasteiger partial charge < -0.3 is 9.47 Å². The lowest BCUT2D eigenvalue weighted by atomic mass is 9.92. The largest absolute Gasteiger partial charge is 0.369 e. The fourth-order valence-electron chi connectivity index (χ4n) is 4.03. The van der Waals surface area contributed by atoms with Crippen LogP contribution >= 0.6 is 0 Å². The summed E-state index contributed by atoms with van der Waals surface area (Å²) in [7, 11) is 0. The Morgan fingerprint density at radius 2 is 0.912 bits per heavy atom. The Hall–Kier alpha value is -3.53. The second kappa shape index (κ2) is 11.6. The van der Waals surface area contributed by atoms with E-state index >= 15 is 0 Å². The molecule has 4 rings (SSSR count). The van der Waals surface area contributed by atoms with Crippen LogP contribution in [0.25, 0.3) is 0 Å². The Kier molecular flexibility index (Phi) is 8.03. The van der Waals surface area contributed by atoms with Crippen molar-refractivity contribution in [1.29, 1.82) is 0 Å². The van der Waals surface area contributed by atoms with Gasteiger partial charge in [0.15, 0.2) is 5.78 Å². The summed E-state index contributed by atoms with van der Waals surface area (Å²) in [6.07, 6.45) is -0.446. The highest BCUT2D eigenvalue weighted by atomic mass is 16.5. The first-order valence-corrected chi connectivity index (χ1v) is 11.7. The molecule has 0 radical (unpaired) electrons. The van der Waals surface area contributed by atoms with Crippen LogP contribution in [0.15, 0.2) is 109 Å². The van der Waals surface area contributed by atoms with Crippen molar-refractivity contribution in [2.24, 2.45) is 0 Å². The monoisotopic (exact) mass is 450 g/mol. The number of hydrogen-bond donors (Lipinski definition) is 0. The normalized spacial score (nSPS) is 12.8. The van der Waals surface area contributed by atoms with Gasteiger partial charge in [0.05, 0.1) is 25.4 Å². The molecule has 4 aromatic carbocycles. The summed E-state index contributed by atoms with van der Waals surface area (Å²) < 4.78 is 12.3. The lowest BCUT2D eigenvalue weighted by Gasteiger charge is -2.20. The van der Waals surface area contributed by atoms with Gasteiger partial charge >= 0.3 is 0 Å². The van der Waals surface area contributed by atoms with Gasteiger partial charge in [-0.15, -0.1) is 0 Å². The van der Waals surface area contributed by atoms with Crippen LogP contribution in [0.5, 0.6) is 0 Å². The van der Waals surface area contributed by atoms with Crippen molar-refractivity contribution in [2.75, 3.05) is 0 Å². The summed E-state index contributed by atoms with van der Waals surface area (Å²) >= 11 is 0. The van der Waals surface area contributed by atoms with E-state index in [1.807, 2.05) is 123 Å². The summed E-state index contributed by atoms with van der Waals surface area (Å²) in [5.74, 6) is -0.0171. The second-order valence-corrected chi connectivity index (χ2v) is 8.38. The predicted molar refractivity (Wildman–Crippen MR) is 136 cm³/mol. The maximum absolute atomic E-state index is 13.7. The Labute approximate surface area is 202 Å². The molecule has 0 aromatic heterocycles. The Balaban J connectivity index is 1.53. The average Bonchev–Trinajstić information content (AvgIpc) is 2.91. The van der Waals surface area contributed by atoms with Crippen LogP contribution in [0.1, 0.15) is 64.2 Å². The molecule has 0 saturated carbocycles. The summed E-state index contributed by atoms with van der Waals surface area (Å²) in [5.41, 5.74) is 5.30. The molecular weight excluding hydrogens is 420 g/mol. The van der Waals surface area contributed by atoms with E-state index in [1.54, 1.807) is 0 Å². The summed E-state index contributed by atoms with van der Waals surface area (Å²) in [4.78, 5) is 13.7. The third-order valence-electron chi connectivity index (χ3n) is 5.97. The molecule has 172 valence electrons.